The van der Waals surface area contributed by atoms with E-state index in [0.717, 1.165) is 0 Å². The van der Waals surface area contributed by atoms with Crippen molar-refractivity contribution in [1.82, 2.24) is 9.78 Å². The third kappa shape index (κ3) is 4.64. The van der Waals surface area contributed by atoms with Gasteiger partial charge in [-0.15, -0.1) is 18.3 Å². The third-order valence-corrected chi connectivity index (χ3v) is 4.79. The van der Waals surface area contributed by atoms with Crippen LogP contribution in [0.5, 0.6) is 5.88 Å². The highest BCUT2D eigenvalue weighted by molar-refractivity contribution is 7.92. The zero-order chi connectivity index (χ0) is 22.3. The standard InChI is InChI=1S/C13H4Cl2F6N4O3S/c14-5-1-4(12(16,17)18)2-6(15)8(5)25-10(28-11(23)26)9(7(3-22)24-25)29(27)13(19,20)21/h1-2H,(H2,23,26). The Morgan fingerprint density at radius 1 is 1.24 bits per heavy atom. The quantitative estimate of drug-likeness (QED) is 0.522. The molecule has 0 bridgehead atoms. The molecule has 7 nitrogen and oxygen atoms in total. The van der Waals surface area contributed by atoms with Crippen molar-refractivity contribution in [3.8, 4) is 17.6 Å². The maximum absolute atomic E-state index is 12.9. The molecule has 0 saturated heterocycles. The van der Waals surface area contributed by atoms with Gasteiger partial charge in [-0.1, -0.05) is 23.2 Å². The molecule has 2 aromatic rings. The van der Waals surface area contributed by atoms with E-state index in [1.807, 2.05) is 0 Å². The highest BCUT2D eigenvalue weighted by Crippen LogP contribution is 2.43. The number of nitrogens with zero attached hydrogens (tertiary/aromatic N) is 3. The average Bonchev–Trinajstić information content (AvgIpc) is 2.89. The minimum absolute atomic E-state index is 0.229. The Balaban J connectivity index is 2.86. The lowest BCUT2D eigenvalue weighted by molar-refractivity contribution is -0.137. The first-order valence-electron chi connectivity index (χ1n) is 6.74. The molecule has 156 valence electrons. The van der Waals surface area contributed by atoms with Gasteiger partial charge in [0.2, 0.25) is 5.69 Å². The fourth-order valence-electron chi connectivity index (χ4n) is 2.01. The predicted molar refractivity (Wildman–Crippen MR) is 86.0 cm³/mol. The number of ether oxygens (including phenoxy) is 1. The van der Waals surface area contributed by atoms with Crippen LogP contribution in [-0.4, -0.2) is 25.9 Å². The van der Waals surface area contributed by atoms with Gasteiger partial charge in [0.25, 0.3) is 10.8 Å². The fraction of sp³-hybridized carbons (Fsp3) is 0.154. The van der Waals surface area contributed by atoms with Gasteiger partial charge in [-0.3, -0.25) is 0 Å². The van der Waals surface area contributed by atoms with Crippen LogP contribution in [0.4, 0.5) is 31.1 Å². The molecular formula is C13H4Cl2F6N4O3S. The Hall–Kier alpha value is -2.34. The number of hydrogen-bond acceptors (Lipinski definition) is 5. The SMILES string of the molecule is N#Cc1nn(-c2c(Cl)cc(C(F)(F)F)cc2Cl)c(OC(N)=O)c1[S+]([O-])C(F)(F)F. The van der Waals surface area contributed by atoms with Crippen molar-refractivity contribution in [1.29, 1.82) is 5.26 Å². The molecule has 1 aromatic carbocycles. The van der Waals surface area contributed by atoms with Crippen molar-refractivity contribution in [3.63, 3.8) is 0 Å². The minimum atomic E-state index is -5.41. The van der Waals surface area contributed by atoms with Crippen LogP contribution in [0.1, 0.15) is 11.3 Å². The molecule has 0 radical (unpaired) electrons. The van der Waals surface area contributed by atoms with Gasteiger partial charge in [-0.25, -0.2) is 4.79 Å². The van der Waals surface area contributed by atoms with E-state index in [1.165, 1.54) is 6.07 Å². The summed E-state index contributed by atoms with van der Waals surface area (Å²) in [7, 11) is 0. The number of benzene rings is 1. The molecule has 0 aliphatic heterocycles. The van der Waals surface area contributed by atoms with Gasteiger partial charge < -0.3 is 15.0 Å². The third-order valence-electron chi connectivity index (χ3n) is 3.06. The highest BCUT2D eigenvalue weighted by atomic mass is 35.5. The molecule has 16 heteroatoms. The van der Waals surface area contributed by atoms with E-state index >= 15 is 0 Å². The van der Waals surface area contributed by atoms with E-state index < -0.39 is 66.7 Å². The molecule has 1 unspecified atom stereocenters. The first-order chi connectivity index (χ1) is 13.2. The molecule has 29 heavy (non-hydrogen) atoms. The van der Waals surface area contributed by atoms with Crippen LogP contribution in [0.2, 0.25) is 10.0 Å². The molecule has 0 aliphatic carbocycles. The Morgan fingerprint density at radius 3 is 2.14 bits per heavy atom. The number of primary amides is 1. The zero-order valence-electron chi connectivity index (χ0n) is 13.2. The first-order valence-corrected chi connectivity index (χ1v) is 8.64. The predicted octanol–water partition coefficient (Wildman–Crippen LogP) is 4.15. The van der Waals surface area contributed by atoms with Crippen molar-refractivity contribution in [2.75, 3.05) is 0 Å². The summed E-state index contributed by atoms with van der Waals surface area (Å²) in [5, 5.41) is 10.8. The van der Waals surface area contributed by atoms with Crippen LogP contribution < -0.4 is 10.5 Å². The number of hydrogen-bond donors (Lipinski definition) is 1. The first kappa shape index (κ1) is 22.9. The van der Waals surface area contributed by atoms with Crippen molar-refractivity contribution in [2.24, 2.45) is 5.73 Å². The van der Waals surface area contributed by atoms with E-state index in [1.54, 1.807) is 0 Å². The Kier molecular flexibility index (Phi) is 6.19. The summed E-state index contributed by atoms with van der Waals surface area (Å²) < 4.78 is 93.8. The van der Waals surface area contributed by atoms with Crippen molar-refractivity contribution >= 4 is 40.5 Å². The summed E-state index contributed by atoms with van der Waals surface area (Å²) in [5.41, 5.74) is -3.74. The van der Waals surface area contributed by atoms with Crippen LogP contribution in [0.3, 0.4) is 0 Å². The van der Waals surface area contributed by atoms with E-state index in [2.05, 4.69) is 9.84 Å². The van der Waals surface area contributed by atoms with Gasteiger partial charge in [-0.2, -0.15) is 23.1 Å². The largest absolute Gasteiger partial charge is 0.604 e. The van der Waals surface area contributed by atoms with E-state index in [4.69, 9.17) is 34.2 Å². The van der Waals surface area contributed by atoms with Crippen molar-refractivity contribution in [3.05, 3.63) is 33.4 Å². The Bertz CT molecular complexity index is 995. The summed E-state index contributed by atoms with van der Waals surface area (Å²) in [5.74, 6) is -1.26. The summed E-state index contributed by atoms with van der Waals surface area (Å²) >= 11 is 7.59. The maximum Gasteiger partial charge on any atom is 0.578 e. The number of halogens is 8. The van der Waals surface area contributed by atoms with Gasteiger partial charge in [0.15, 0.2) is 0 Å². The van der Waals surface area contributed by atoms with Crippen molar-refractivity contribution < 1.29 is 40.4 Å². The van der Waals surface area contributed by atoms with Crippen LogP contribution in [0, 0.1) is 11.3 Å². The number of nitrogens with two attached hydrogens (primary N) is 1. The number of alkyl halides is 6. The molecule has 2 N–H and O–H groups in total. The molecule has 0 fully saturated rings. The molecule has 0 saturated carbocycles. The molecule has 1 atom stereocenters. The fourth-order valence-corrected chi connectivity index (χ4v) is 3.44. The second kappa shape index (κ2) is 7.82. The van der Waals surface area contributed by atoms with Crippen LogP contribution in [0.15, 0.2) is 17.0 Å². The number of rotatable bonds is 3. The van der Waals surface area contributed by atoms with E-state index in [0.29, 0.717) is 12.1 Å². The lowest BCUT2D eigenvalue weighted by Crippen LogP contribution is -2.26. The normalized spacial score (nSPS) is 13.1. The van der Waals surface area contributed by atoms with Gasteiger partial charge in [-0.05, 0) is 12.1 Å². The number of amides is 1. The molecule has 1 heterocycles. The van der Waals surface area contributed by atoms with Gasteiger partial charge >= 0.3 is 17.8 Å². The zero-order valence-corrected chi connectivity index (χ0v) is 15.6. The highest BCUT2D eigenvalue weighted by Gasteiger charge is 2.51. The van der Waals surface area contributed by atoms with E-state index in [9.17, 15) is 35.7 Å². The molecule has 1 amide bonds. The van der Waals surface area contributed by atoms with Crippen LogP contribution in [-0.2, 0) is 17.4 Å². The second-order valence-electron chi connectivity index (χ2n) is 4.93. The monoisotopic (exact) mass is 480 g/mol. The van der Waals surface area contributed by atoms with Gasteiger partial charge in [0.05, 0.1) is 15.6 Å². The molecule has 1 aromatic heterocycles. The number of nitriles is 1. The topological polar surface area (TPSA) is 117 Å². The Morgan fingerprint density at radius 2 is 1.76 bits per heavy atom. The maximum atomic E-state index is 12.9. The number of carbonyl (C=O) groups is 1. The number of carbonyl (C=O) groups excluding carboxylic acids is 1. The van der Waals surface area contributed by atoms with Crippen LogP contribution in [0.25, 0.3) is 5.69 Å². The van der Waals surface area contributed by atoms with Crippen LogP contribution >= 0.6 is 23.2 Å². The lowest BCUT2D eigenvalue weighted by atomic mass is 10.2. The molecule has 0 spiro atoms. The smallest absolute Gasteiger partial charge is 0.578 e. The number of aromatic nitrogens is 2. The lowest BCUT2D eigenvalue weighted by Gasteiger charge is -2.15. The summed E-state index contributed by atoms with van der Waals surface area (Å²) in [4.78, 5) is 9.71. The minimum Gasteiger partial charge on any atom is -0.604 e. The Labute approximate surface area is 169 Å². The summed E-state index contributed by atoms with van der Waals surface area (Å²) in [6.07, 6.45) is -6.57. The van der Waals surface area contributed by atoms with Gasteiger partial charge in [0.1, 0.15) is 22.9 Å². The average molecular weight is 481 g/mol. The summed E-state index contributed by atoms with van der Waals surface area (Å²) in [6.45, 7) is 0. The molecule has 2 rings (SSSR count). The molecular weight excluding hydrogens is 477 g/mol. The second-order valence-corrected chi connectivity index (χ2v) is 7.15. The van der Waals surface area contributed by atoms with Crippen molar-refractivity contribution in [2.45, 2.75) is 16.6 Å². The summed E-state index contributed by atoms with van der Waals surface area (Å²) in [6, 6.07) is 1.94. The molecule has 0 aliphatic rings. The van der Waals surface area contributed by atoms with Gasteiger partial charge in [0, 0.05) is 0 Å². The van der Waals surface area contributed by atoms with E-state index in [-0.39, 0.29) is 4.68 Å².